The average molecular weight is 239 g/mol. The van der Waals surface area contributed by atoms with Crippen LogP contribution in [0.15, 0.2) is 15.8 Å². The second kappa shape index (κ2) is 6.03. The molecule has 2 N–H and O–H groups in total. The van der Waals surface area contributed by atoms with Crippen molar-refractivity contribution in [1.29, 1.82) is 0 Å². The molecular formula is C11H17N3O3. The summed E-state index contributed by atoms with van der Waals surface area (Å²) < 4.78 is 1.21. The van der Waals surface area contributed by atoms with Gasteiger partial charge in [0.05, 0.1) is 0 Å². The van der Waals surface area contributed by atoms with Crippen molar-refractivity contribution in [3.05, 3.63) is 32.6 Å². The third kappa shape index (κ3) is 3.58. The van der Waals surface area contributed by atoms with Crippen molar-refractivity contribution in [2.75, 3.05) is 6.54 Å². The van der Waals surface area contributed by atoms with Crippen LogP contribution < -0.4 is 16.6 Å². The molecule has 0 spiro atoms. The van der Waals surface area contributed by atoms with Gasteiger partial charge in [-0.2, -0.15) is 0 Å². The molecule has 1 heterocycles. The summed E-state index contributed by atoms with van der Waals surface area (Å²) in [5, 5.41) is 2.67. The van der Waals surface area contributed by atoms with Crippen LogP contribution in [-0.2, 0) is 17.8 Å². The zero-order chi connectivity index (χ0) is 12.8. The van der Waals surface area contributed by atoms with Gasteiger partial charge in [-0.15, -0.1) is 0 Å². The summed E-state index contributed by atoms with van der Waals surface area (Å²) in [7, 11) is 0. The van der Waals surface area contributed by atoms with E-state index in [0.29, 0.717) is 18.5 Å². The van der Waals surface area contributed by atoms with E-state index >= 15 is 0 Å². The summed E-state index contributed by atoms with van der Waals surface area (Å²) in [5.41, 5.74) is -0.450. The van der Waals surface area contributed by atoms with Crippen LogP contribution in [0.5, 0.6) is 0 Å². The lowest BCUT2D eigenvalue weighted by molar-refractivity contribution is -0.121. The quantitative estimate of drug-likeness (QED) is 0.735. The van der Waals surface area contributed by atoms with Crippen LogP contribution in [-0.4, -0.2) is 22.0 Å². The van der Waals surface area contributed by atoms with Crippen LogP contribution in [0.3, 0.4) is 0 Å². The summed E-state index contributed by atoms with van der Waals surface area (Å²) in [6.07, 6.45) is 2.80. The van der Waals surface area contributed by atoms with E-state index in [2.05, 4.69) is 10.3 Å². The van der Waals surface area contributed by atoms with Crippen LogP contribution in [0.1, 0.15) is 25.8 Å². The molecule has 6 heteroatoms. The minimum absolute atomic E-state index is 0.0669. The number of aryl methyl sites for hydroxylation is 1. The Morgan fingerprint density at radius 3 is 2.71 bits per heavy atom. The van der Waals surface area contributed by atoms with Gasteiger partial charge in [-0.3, -0.25) is 19.1 Å². The Morgan fingerprint density at radius 1 is 1.41 bits per heavy atom. The van der Waals surface area contributed by atoms with E-state index in [0.717, 1.165) is 6.42 Å². The van der Waals surface area contributed by atoms with Gasteiger partial charge in [0.25, 0.3) is 5.56 Å². The Hall–Kier alpha value is -1.85. The number of rotatable bonds is 5. The molecule has 0 bridgehead atoms. The molecular weight excluding hydrogens is 222 g/mol. The van der Waals surface area contributed by atoms with Crippen LogP contribution >= 0.6 is 0 Å². The van der Waals surface area contributed by atoms with Gasteiger partial charge in [0.1, 0.15) is 6.54 Å². The Bertz CT molecular complexity index is 501. The first-order chi connectivity index (χ1) is 8.08. The highest BCUT2D eigenvalue weighted by Crippen LogP contribution is 1.89. The Kier molecular flexibility index (Phi) is 4.68. The number of carbonyl (C=O) groups is 1. The van der Waals surface area contributed by atoms with Crippen molar-refractivity contribution in [1.82, 2.24) is 14.9 Å². The number of aromatic amines is 1. The van der Waals surface area contributed by atoms with Crippen molar-refractivity contribution in [2.24, 2.45) is 0 Å². The van der Waals surface area contributed by atoms with Crippen molar-refractivity contribution < 1.29 is 4.79 Å². The maximum Gasteiger partial charge on any atom is 0.328 e. The van der Waals surface area contributed by atoms with E-state index in [1.807, 2.05) is 13.8 Å². The molecule has 17 heavy (non-hydrogen) atoms. The molecule has 1 amide bonds. The number of nitrogens with one attached hydrogen (secondary N) is 2. The number of hydrogen-bond acceptors (Lipinski definition) is 3. The van der Waals surface area contributed by atoms with Gasteiger partial charge in [0, 0.05) is 18.3 Å². The Morgan fingerprint density at radius 2 is 2.12 bits per heavy atom. The van der Waals surface area contributed by atoms with Crippen LogP contribution in [0, 0.1) is 0 Å². The largest absolute Gasteiger partial charge is 0.355 e. The second-order valence-electron chi connectivity index (χ2n) is 3.75. The van der Waals surface area contributed by atoms with Gasteiger partial charge in [-0.1, -0.05) is 13.8 Å². The van der Waals surface area contributed by atoms with Gasteiger partial charge in [0.15, 0.2) is 0 Å². The number of amides is 1. The minimum atomic E-state index is -0.557. The van der Waals surface area contributed by atoms with E-state index in [-0.39, 0.29) is 18.0 Å². The molecule has 0 fully saturated rings. The van der Waals surface area contributed by atoms with Crippen LogP contribution in [0.2, 0.25) is 0 Å². The fourth-order valence-electron chi connectivity index (χ4n) is 1.40. The molecule has 0 unspecified atom stereocenters. The monoisotopic (exact) mass is 239 g/mol. The SMILES string of the molecule is CCCNC(=O)Cn1cc(CC)c(=O)[nH]c1=O. The summed E-state index contributed by atoms with van der Waals surface area (Å²) in [6.45, 7) is 4.28. The fraction of sp³-hybridized carbons (Fsp3) is 0.545. The lowest BCUT2D eigenvalue weighted by Crippen LogP contribution is -2.37. The Labute approximate surface area is 98.7 Å². The van der Waals surface area contributed by atoms with Gasteiger partial charge in [0.2, 0.25) is 5.91 Å². The average Bonchev–Trinajstić information content (AvgIpc) is 2.30. The third-order valence-electron chi connectivity index (χ3n) is 2.35. The van der Waals surface area contributed by atoms with E-state index in [1.165, 1.54) is 10.8 Å². The first kappa shape index (κ1) is 13.2. The smallest absolute Gasteiger partial charge is 0.328 e. The van der Waals surface area contributed by atoms with Gasteiger partial charge in [-0.25, -0.2) is 4.79 Å². The van der Waals surface area contributed by atoms with Crippen LogP contribution in [0.25, 0.3) is 0 Å². The third-order valence-corrected chi connectivity index (χ3v) is 2.35. The Balaban J connectivity index is 2.88. The molecule has 0 aliphatic heterocycles. The van der Waals surface area contributed by atoms with Gasteiger partial charge >= 0.3 is 5.69 Å². The fourth-order valence-corrected chi connectivity index (χ4v) is 1.40. The van der Waals surface area contributed by atoms with E-state index in [4.69, 9.17) is 0 Å². The number of aromatic nitrogens is 2. The molecule has 0 aliphatic rings. The predicted octanol–water partition coefficient (Wildman–Crippen LogP) is -0.375. The minimum Gasteiger partial charge on any atom is -0.355 e. The molecule has 6 nitrogen and oxygen atoms in total. The lowest BCUT2D eigenvalue weighted by Gasteiger charge is -2.07. The predicted molar refractivity (Wildman–Crippen MR) is 64.0 cm³/mol. The first-order valence-electron chi connectivity index (χ1n) is 5.67. The van der Waals surface area contributed by atoms with Crippen molar-refractivity contribution in [3.8, 4) is 0 Å². The maximum absolute atomic E-state index is 11.4. The highest BCUT2D eigenvalue weighted by molar-refractivity contribution is 5.75. The standard InChI is InChI=1S/C11H17N3O3/c1-3-5-12-9(15)7-14-6-8(4-2)10(16)13-11(14)17/h6H,3-5,7H2,1-2H3,(H,12,15)(H,13,16,17). The topological polar surface area (TPSA) is 84.0 Å². The maximum atomic E-state index is 11.4. The molecule has 1 rings (SSSR count). The van der Waals surface area contributed by atoms with E-state index < -0.39 is 5.69 Å². The molecule has 0 saturated heterocycles. The summed E-state index contributed by atoms with van der Waals surface area (Å²) in [6, 6.07) is 0. The molecule has 0 atom stereocenters. The van der Waals surface area contributed by atoms with E-state index in [9.17, 15) is 14.4 Å². The van der Waals surface area contributed by atoms with Crippen molar-refractivity contribution in [3.63, 3.8) is 0 Å². The van der Waals surface area contributed by atoms with E-state index in [1.54, 1.807) is 0 Å². The first-order valence-corrected chi connectivity index (χ1v) is 5.67. The van der Waals surface area contributed by atoms with Crippen molar-refractivity contribution >= 4 is 5.91 Å². The molecule has 0 aromatic carbocycles. The highest BCUT2D eigenvalue weighted by Gasteiger charge is 2.06. The molecule has 0 saturated carbocycles. The number of nitrogens with zero attached hydrogens (tertiary/aromatic N) is 1. The molecule has 94 valence electrons. The zero-order valence-corrected chi connectivity index (χ0v) is 10.1. The van der Waals surface area contributed by atoms with Crippen molar-refractivity contribution in [2.45, 2.75) is 33.2 Å². The summed E-state index contributed by atoms with van der Waals surface area (Å²) >= 11 is 0. The number of carbonyl (C=O) groups excluding carboxylic acids is 1. The summed E-state index contributed by atoms with van der Waals surface area (Å²) in [4.78, 5) is 36.4. The second-order valence-corrected chi connectivity index (χ2v) is 3.75. The lowest BCUT2D eigenvalue weighted by atomic mass is 10.2. The number of hydrogen-bond donors (Lipinski definition) is 2. The summed E-state index contributed by atoms with van der Waals surface area (Å²) in [5.74, 6) is -0.233. The highest BCUT2D eigenvalue weighted by atomic mass is 16.2. The molecule has 0 radical (unpaired) electrons. The van der Waals surface area contributed by atoms with Gasteiger partial charge < -0.3 is 5.32 Å². The zero-order valence-electron chi connectivity index (χ0n) is 10.1. The molecule has 1 aromatic rings. The molecule has 0 aliphatic carbocycles. The molecule has 1 aromatic heterocycles. The normalized spacial score (nSPS) is 10.2. The number of H-pyrrole nitrogens is 1. The van der Waals surface area contributed by atoms with Gasteiger partial charge in [-0.05, 0) is 12.8 Å². The van der Waals surface area contributed by atoms with Crippen LogP contribution in [0.4, 0.5) is 0 Å².